The summed E-state index contributed by atoms with van der Waals surface area (Å²) in [6, 6.07) is 0. The van der Waals surface area contributed by atoms with Gasteiger partial charge in [0, 0.05) is 12.8 Å². The van der Waals surface area contributed by atoms with Crippen LogP contribution in [-0.2, 0) is 19.1 Å². The van der Waals surface area contributed by atoms with E-state index >= 15 is 0 Å². The number of hydrogen-bond donors (Lipinski definition) is 3. The molecule has 8 atom stereocenters. The summed E-state index contributed by atoms with van der Waals surface area (Å²) in [5, 5.41) is 31.1. The van der Waals surface area contributed by atoms with Crippen LogP contribution in [0.25, 0.3) is 0 Å². The quantitative estimate of drug-likeness (QED) is 0.227. The highest BCUT2D eigenvalue weighted by atomic mass is 16.6. The van der Waals surface area contributed by atoms with Crippen LogP contribution in [0.3, 0.4) is 0 Å². The van der Waals surface area contributed by atoms with Crippen LogP contribution in [0.1, 0.15) is 80.6 Å². The van der Waals surface area contributed by atoms with Gasteiger partial charge in [-0.2, -0.15) is 0 Å². The molecule has 0 aromatic carbocycles. The third kappa shape index (κ3) is 12.2. The van der Waals surface area contributed by atoms with Gasteiger partial charge in [0.25, 0.3) is 0 Å². The van der Waals surface area contributed by atoms with Crippen molar-refractivity contribution in [3.63, 3.8) is 0 Å². The molecule has 0 bridgehead atoms. The lowest BCUT2D eigenvalue weighted by atomic mass is 9.88. The Morgan fingerprint density at radius 2 is 1.95 bits per heavy atom. The van der Waals surface area contributed by atoms with Crippen LogP contribution in [0, 0.1) is 17.8 Å². The molecule has 0 saturated heterocycles. The number of carbonyl (C=O) groups excluding carboxylic acids is 2. The Kier molecular flexibility index (Phi) is 14.1. The summed E-state index contributed by atoms with van der Waals surface area (Å²) in [7, 11) is 0. The summed E-state index contributed by atoms with van der Waals surface area (Å²) in [5.74, 6) is -0.890. The van der Waals surface area contributed by atoms with E-state index in [-0.39, 0.29) is 43.1 Å². The molecule has 1 rings (SSSR count). The van der Waals surface area contributed by atoms with Gasteiger partial charge in [0.2, 0.25) is 0 Å². The minimum atomic E-state index is -1.40. The highest BCUT2D eigenvalue weighted by molar-refractivity contribution is 5.70. The Morgan fingerprint density at radius 1 is 1.27 bits per heavy atom. The lowest BCUT2D eigenvalue weighted by Crippen LogP contribution is -2.42. The second-order valence-corrected chi connectivity index (χ2v) is 10.7. The highest BCUT2D eigenvalue weighted by Crippen LogP contribution is 2.27. The van der Waals surface area contributed by atoms with Crippen LogP contribution < -0.4 is 0 Å². The van der Waals surface area contributed by atoms with E-state index in [9.17, 15) is 24.9 Å². The number of ether oxygens (including phenoxy) is 2. The molecule has 7 nitrogen and oxygen atoms in total. The molecule has 3 N–H and O–H groups in total. The average Bonchev–Trinajstić information content (AvgIpc) is 2.82. The lowest BCUT2D eigenvalue weighted by Gasteiger charge is -2.32. The fourth-order valence-corrected chi connectivity index (χ4v) is 4.21. The number of esters is 2. The van der Waals surface area contributed by atoms with Gasteiger partial charge >= 0.3 is 11.9 Å². The van der Waals surface area contributed by atoms with Gasteiger partial charge in [-0.25, -0.2) is 0 Å². The molecule has 8 unspecified atom stereocenters. The van der Waals surface area contributed by atoms with E-state index in [1.807, 2.05) is 45.9 Å². The largest absolute Gasteiger partial charge is 0.457 e. The third-order valence-electron chi connectivity index (χ3n) is 6.84. The van der Waals surface area contributed by atoms with Crippen LogP contribution in [0.15, 0.2) is 48.1 Å². The second-order valence-electron chi connectivity index (χ2n) is 10.7. The zero-order chi connectivity index (χ0) is 28.2. The topological polar surface area (TPSA) is 113 Å². The zero-order valence-electron chi connectivity index (χ0n) is 23.6. The maximum absolute atomic E-state index is 12.6. The third-order valence-corrected chi connectivity index (χ3v) is 6.84. The summed E-state index contributed by atoms with van der Waals surface area (Å²) in [6.07, 6.45) is 12.4. The van der Waals surface area contributed by atoms with E-state index in [0.29, 0.717) is 0 Å². The van der Waals surface area contributed by atoms with Crippen molar-refractivity contribution in [2.24, 2.45) is 17.8 Å². The Labute approximate surface area is 222 Å². The number of aliphatic hydroxyl groups excluding tert-OH is 2. The Balaban J connectivity index is 3.05. The van der Waals surface area contributed by atoms with Crippen LogP contribution in [0.4, 0.5) is 0 Å². The summed E-state index contributed by atoms with van der Waals surface area (Å²) >= 11 is 0. The molecular weight excluding hydrogens is 472 g/mol. The van der Waals surface area contributed by atoms with Crippen molar-refractivity contribution < 1.29 is 34.4 Å². The molecular formula is C30H48O7. The molecule has 0 saturated carbocycles. The number of hydrogen-bond acceptors (Lipinski definition) is 7. The van der Waals surface area contributed by atoms with Crippen molar-refractivity contribution >= 4 is 11.9 Å². The number of cyclic esters (lactones) is 1. The second kappa shape index (κ2) is 15.9. The van der Waals surface area contributed by atoms with Gasteiger partial charge in [0.15, 0.2) is 0 Å². The van der Waals surface area contributed by atoms with E-state index in [1.165, 1.54) is 6.92 Å². The van der Waals surface area contributed by atoms with Gasteiger partial charge < -0.3 is 24.8 Å². The lowest BCUT2D eigenvalue weighted by molar-refractivity contribution is -0.157. The van der Waals surface area contributed by atoms with Gasteiger partial charge in [0.05, 0.1) is 18.6 Å². The fraction of sp³-hybridized carbons (Fsp3) is 0.667. The predicted molar refractivity (Wildman–Crippen MR) is 145 cm³/mol. The van der Waals surface area contributed by atoms with Gasteiger partial charge in [-0.05, 0) is 63.0 Å². The maximum Gasteiger partial charge on any atom is 0.309 e. The molecule has 0 fully saturated rings. The van der Waals surface area contributed by atoms with Crippen molar-refractivity contribution in [2.45, 2.75) is 111 Å². The Hall–Kier alpha value is -2.22. The van der Waals surface area contributed by atoms with Crippen molar-refractivity contribution in [1.82, 2.24) is 0 Å². The van der Waals surface area contributed by atoms with Crippen LogP contribution >= 0.6 is 0 Å². The minimum Gasteiger partial charge on any atom is -0.457 e. The molecule has 0 aliphatic carbocycles. The van der Waals surface area contributed by atoms with Crippen LogP contribution in [0.5, 0.6) is 0 Å². The van der Waals surface area contributed by atoms with E-state index in [1.54, 1.807) is 19.1 Å². The smallest absolute Gasteiger partial charge is 0.309 e. The van der Waals surface area contributed by atoms with Gasteiger partial charge in [-0.1, -0.05) is 64.2 Å². The summed E-state index contributed by atoms with van der Waals surface area (Å²) in [6.45, 7) is 12.7. The summed E-state index contributed by atoms with van der Waals surface area (Å²) in [5.41, 5.74) is -0.571. The van der Waals surface area contributed by atoms with Gasteiger partial charge in [-0.15, -0.1) is 0 Å². The molecule has 0 amide bonds. The molecule has 1 heterocycles. The Morgan fingerprint density at radius 3 is 2.57 bits per heavy atom. The van der Waals surface area contributed by atoms with Gasteiger partial charge in [0.1, 0.15) is 17.8 Å². The molecule has 7 heteroatoms. The first kappa shape index (κ1) is 32.8. The van der Waals surface area contributed by atoms with Crippen molar-refractivity contribution in [3.05, 3.63) is 48.1 Å². The molecule has 0 aromatic rings. The molecule has 0 aromatic heterocycles. The highest BCUT2D eigenvalue weighted by Gasteiger charge is 2.35. The number of rotatable bonds is 9. The molecule has 1 aliphatic heterocycles. The monoisotopic (exact) mass is 520 g/mol. The van der Waals surface area contributed by atoms with E-state index < -0.39 is 35.9 Å². The standard InChI is InChI=1S/C30H48O7/c1-8-26(33)21(3)13-9-11-20(2)12-10-14-22(4)29-23(5)15-16-27(36-24(6)31)30(7,35)18-17-25(32)19-28(34)37-29/h9-10,12-16,20-21,23,25-27,29,32-33,35H,8,11,17-19H2,1-7H3. The first-order valence-electron chi connectivity index (χ1n) is 13.4. The summed E-state index contributed by atoms with van der Waals surface area (Å²) < 4.78 is 11.1. The SMILES string of the molecule is CCC(O)C(C)C=CCC(C)C=CC=C(C)C1OC(=O)CC(O)CCC(C)(O)C(OC(C)=O)C=CC1C. The predicted octanol–water partition coefficient (Wildman–Crippen LogP) is 4.81. The molecule has 210 valence electrons. The number of carbonyl (C=O) groups is 2. The van der Waals surface area contributed by atoms with E-state index in [2.05, 4.69) is 19.1 Å². The minimum absolute atomic E-state index is 0.122. The van der Waals surface area contributed by atoms with E-state index in [4.69, 9.17) is 9.47 Å². The van der Waals surface area contributed by atoms with Crippen LogP contribution in [0.2, 0.25) is 0 Å². The fourth-order valence-electron chi connectivity index (χ4n) is 4.21. The van der Waals surface area contributed by atoms with Crippen LogP contribution in [-0.4, -0.2) is 57.3 Å². The molecule has 37 heavy (non-hydrogen) atoms. The normalized spacial score (nSPS) is 30.9. The average molecular weight is 521 g/mol. The first-order valence-corrected chi connectivity index (χ1v) is 13.4. The maximum atomic E-state index is 12.6. The summed E-state index contributed by atoms with van der Waals surface area (Å²) in [4.78, 5) is 24.2. The van der Waals surface area contributed by atoms with E-state index in [0.717, 1.165) is 18.4 Å². The number of allylic oxidation sites excluding steroid dienone is 4. The molecule has 1 aliphatic rings. The zero-order valence-corrected chi connectivity index (χ0v) is 23.6. The molecule has 0 spiro atoms. The van der Waals surface area contributed by atoms with Gasteiger partial charge in [-0.3, -0.25) is 9.59 Å². The van der Waals surface area contributed by atoms with Crippen molar-refractivity contribution in [2.75, 3.05) is 0 Å². The molecule has 0 radical (unpaired) electrons. The Bertz CT molecular complexity index is 839. The van der Waals surface area contributed by atoms with Crippen molar-refractivity contribution in [1.29, 1.82) is 0 Å². The first-order chi connectivity index (χ1) is 17.3. The van der Waals surface area contributed by atoms with Crippen molar-refractivity contribution in [3.8, 4) is 0 Å². The number of aliphatic hydroxyl groups is 3.